The average Bonchev–Trinajstić information content (AvgIpc) is 3.05. The van der Waals surface area contributed by atoms with Gasteiger partial charge < -0.3 is 14.5 Å². The number of ether oxygens (including phenoxy) is 2. The smallest absolute Gasteiger partial charge is 0.319 e. The summed E-state index contributed by atoms with van der Waals surface area (Å²) in [6, 6.07) is 8.67. The van der Waals surface area contributed by atoms with Gasteiger partial charge in [-0.2, -0.15) is 0 Å². The Morgan fingerprint density at radius 3 is 3.04 bits per heavy atom. The zero-order valence-corrected chi connectivity index (χ0v) is 16.9. The summed E-state index contributed by atoms with van der Waals surface area (Å²) in [4.78, 5) is 19.9. The molecule has 150 valence electrons. The van der Waals surface area contributed by atoms with Gasteiger partial charge in [-0.3, -0.25) is 9.69 Å². The molecule has 0 radical (unpaired) electrons. The van der Waals surface area contributed by atoms with Gasteiger partial charge >= 0.3 is 5.97 Å². The van der Waals surface area contributed by atoms with Crippen molar-refractivity contribution in [2.75, 3.05) is 33.4 Å². The molecule has 2 saturated heterocycles. The molecule has 2 aromatic rings. The predicted octanol–water partition coefficient (Wildman–Crippen LogP) is 3.27. The summed E-state index contributed by atoms with van der Waals surface area (Å²) in [5.41, 5.74) is 3.01. The van der Waals surface area contributed by atoms with Crippen LogP contribution in [0.1, 0.15) is 37.4 Å². The van der Waals surface area contributed by atoms with E-state index in [0.29, 0.717) is 18.4 Å². The third-order valence-electron chi connectivity index (χ3n) is 7.33. The first-order valence-corrected chi connectivity index (χ1v) is 10.7. The van der Waals surface area contributed by atoms with E-state index < -0.39 is 5.41 Å². The number of nitrogens with zero attached hydrogens (tertiary/aromatic N) is 1. The van der Waals surface area contributed by atoms with Crippen LogP contribution >= 0.6 is 0 Å². The second-order valence-electron chi connectivity index (χ2n) is 8.75. The highest BCUT2D eigenvalue weighted by atomic mass is 16.5. The zero-order valence-electron chi connectivity index (χ0n) is 16.9. The molecule has 4 aliphatic rings. The van der Waals surface area contributed by atoms with E-state index in [4.69, 9.17) is 9.47 Å². The van der Waals surface area contributed by atoms with Gasteiger partial charge in [-0.05, 0) is 56.1 Å². The fourth-order valence-electron chi connectivity index (χ4n) is 6.50. The molecule has 5 atom stereocenters. The van der Waals surface area contributed by atoms with Crippen molar-refractivity contribution in [1.29, 1.82) is 0 Å². The van der Waals surface area contributed by atoms with Gasteiger partial charge in [0, 0.05) is 49.4 Å². The van der Waals surface area contributed by atoms with Crippen LogP contribution in [0.2, 0.25) is 0 Å². The lowest BCUT2D eigenvalue weighted by Crippen LogP contribution is -2.67. The molecule has 1 aromatic heterocycles. The molecule has 28 heavy (non-hydrogen) atoms. The lowest BCUT2D eigenvalue weighted by Gasteiger charge is -2.58. The van der Waals surface area contributed by atoms with Crippen molar-refractivity contribution in [3.05, 3.63) is 35.5 Å². The van der Waals surface area contributed by atoms with Gasteiger partial charge in [-0.25, -0.2) is 0 Å². The molecule has 1 saturated carbocycles. The normalized spacial score (nSPS) is 33.5. The first-order valence-electron chi connectivity index (χ1n) is 10.7. The van der Waals surface area contributed by atoms with Crippen LogP contribution in [-0.4, -0.2) is 55.3 Å². The van der Waals surface area contributed by atoms with Gasteiger partial charge in [-0.15, -0.1) is 0 Å². The topological polar surface area (TPSA) is 54.6 Å². The van der Waals surface area contributed by atoms with Crippen LogP contribution in [-0.2, 0) is 26.1 Å². The van der Waals surface area contributed by atoms with E-state index in [-0.39, 0.29) is 12.0 Å². The molecule has 4 heterocycles. The van der Waals surface area contributed by atoms with E-state index >= 15 is 0 Å². The summed E-state index contributed by atoms with van der Waals surface area (Å²) in [5, 5.41) is 1.26. The van der Waals surface area contributed by atoms with E-state index in [9.17, 15) is 4.79 Å². The zero-order chi connectivity index (χ0) is 19.3. The van der Waals surface area contributed by atoms with Crippen LogP contribution in [0.3, 0.4) is 0 Å². The van der Waals surface area contributed by atoms with Crippen molar-refractivity contribution in [2.24, 2.45) is 11.8 Å². The van der Waals surface area contributed by atoms with Crippen molar-refractivity contribution >= 4 is 16.9 Å². The lowest BCUT2D eigenvalue weighted by atomic mass is 9.56. The second-order valence-corrected chi connectivity index (χ2v) is 8.75. The molecule has 6 rings (SSSR count). The number of methoxy groups -OCH3 is 1. The van der Waals surface area contributed by atoms with Crippen molar-refractivity contribution in [3.8, 4) is 0 Å². The summed E-state index contributed by atoms with van der Waals surface area (Å²) < 4.78 is 11.2. The fourth-order valence-corrected chi connectivity index (χ4v) is 6.50. The summed E-state index contributed by atoms with van der Waals surface area (Å²) >= 11 is 0. The predicted molar refractivity (Wildman–Crippen MR) is 108 cm³/mol. The Balaban J connectivity index is 1.71. The number of aromatic nitrogens is 1. The molecule has 5 nitrogen and oxygen atoms in total. The monoisotopic (exact) mass is 382 g/mol. The van der Waals surface area contributed by atoms with Gasteiger partial charge in [0.05, 0.1) is 6.61 Å². The Kier molecular flexibility index (Phi) is 4.48. The number of benzene rings is 1. The Hall–Kier alpha value is -1.85. The Labute approximate surface area is 166 Å². The Morgan fingerprint density at radius 2 is 2.21 bits per heavy atom. The van der Waals surface area contributed by atoms with Gasteiger partial charge in [0.2, 0.25) is 0 Å². The fraction of sp³-hybridized carbons (Fsp3) is 0.609. The molecule has 5 heteroatoms. The highest BCUT2D eigenvalue weighted by Crippen LogP contribution is 2.55. The summed E-state index contributed by atoms with van der Waals surface area (Å²) in [6.45, 7) is 5.22. The maximum absolute atomic E-state index is 13.6. The van der Waals surface area contributed by atoms with Gasteiger partial charge in [-0.1, -0.05) is 18.2 Å². The molecule has 1 aromatic carbocycles. The van der Waals surface area contributed by atoms with Crippen molar-refractivity contribution < 1.29 is 14.3 Å². The van der Waals surface area contributed by atoms with Crippen molar-refractivity contribution in [2.45, 2.75) is 44.1 Å². The molecule has 3 fully saturated rings. The minimum absolute atomic E-state index is 0.0356. The first-order chi connectivity index (χ1) is 13.7. The maximum Gasteiger partial charge on any atom is 0.319 e. The number of fused-ring (bicyclic) bond motifs is 4. The quantitative estimate of drug-likeness (QED) is 0.807. The maximum atomic E-state index is 13.6. The van der Waals surface area contributed by atoms with Gasteiger partial charge in [0.1, 0.15) is 5.41 Å². The van der Waals surface area contributed by atoms with Crippen LogP contribution in [0, 0.1) is 11.8 Å². The summed E-state index contributed by atoms with van der Waals surface area (Å²) in [6.07, 6.45) is 4.09. The molecule has 4 bridgehead atoms. The average molecular weight is 383 g/mol. The number of nitrogens with one attached hydrogen (secondary N) is 1. The van der Waals surface area contributed by atoms with Crippen LogP contribution in [0.4, 0.5) is 0 Å². The highest BCUT2D eigenvalue weighted by molar-refractivity contribution is 5.91. The number of esters is 1. The number of hydrogen-bond acceptors (Lipinski definition) is 4. The molecule has 1 aliphatic carbocycles. The minimum Gasteiger partial charge on any atom is -0.465 e. The van der Waals surface area contributed by atoms with E-state index in [1.54, 1.807) is 7.11 Å². The number of rotatable bonds is 5. The van der Waals surface area contributed by atoms with E-state index in [2.05, 4.69) is 34.1 Å². The highest BCUT2D eigenvalue weighted by Gasteiger charge is 2.62. The largest absolute Gasteiger partial charge is 0.465 e. The Bertz CT molecular complexity index is 891. The number of para-hydroxylation sites is 1. The standard InChI is InChI=1S/C23H30N2O3/c1-3-28-22(26)23-13-15-12-16(9-11-27-2)21(23)25(14-15)10-8-18-17-6-4-5-7-19(17)24-20(18)23/h4-7,15-16,21,24H,3,8-14H2,1-2H3/t15-,16+,21+,23-/m1/s1. The van der Waals surface area contributed by atoms with Crippen LogP contribution < -0.4 is 0 Å². The van der Waals surface area contributed by atoms with E-state index in [1.807, 2.05) is 6.92 Å². The molecule has 1 unspecified atom stereocenters. The molecular weight excluding hydrogens is 352 g/mol. The van der Waals surface area contributed by atoms with Crippen molar-refractivity contribution in [1.82, 2.24) is 9.88 Å². The Morgan fingerprint density at radius 1 is 1.36 bits per heavy atom. The molecule has 0 spiro atoms. The molecule has 1 N–H and O–H groups in total. The van der Waals surface area contributed by atoms with E-state index in [1.165, 1.54) is 17.4 Å². The third kappa shape index (κ3) is 2.49. The molecule has 3 aliphatic heterocycles. The SMILES string of the molecule is CCOC(=O)[C@@]12C[C@H]3C[C@H](CCOC)[C@@H]1N(CCc1c2[nH]c2ccccc12)C3. The third-order valence-corrected chi connectivity index (χ3v) is 7.33. The number of hydrogen-bond donors (Lipinski definition) is 1. The number of carbonyl (C=O) groups excluding carboxylic acids is 1. The number of carbonyl (C=O) groups is 1. The lowest BCUT2D eigenvalue weighted by molar-refractivity contribution is -0.165. The molecular formula is C23H30N2O3. The number of piperidine rings is 2. The second kappa shape index (κ2) is 6.89. The number of aromatic amines is 1. The van der Waals surface area contributed by atoms with Crippen molar-refractivity contribution in [3.63, 3.8) is 0 Å². The van der Waals surface area contributed by atoms with Gasteiger partial charge in [0.25, 0.3) is 0 Å². The van der Waals surface area contributed by atoms with Crippen LogP contribution in [0.5, 0.6) is 0 Å². The van der Waals surface area contributed by atoms with Crippen LogP contribution in [0.15, 0.2) is 24.3 Å². The van der Waals surface area contributed by atoms with Crippen LogP contribution in [0.25, 0.3) is 10.9 Å². The summed E-state index contributed by atoms with van der Waals surface area (Å²) in [7, 11) is 1.77. The van der Waals surface area contributed by atoms with Gasteiger partial charge in [0.15, 0.2) is 0 Å². The summed E-state index contributed by atoms with van der Waals surface area (Å²) in [5.74, 6) is 0.967. The van der Waals surface area contributed by atoms with E-state index in [0.717, 1.165) is 50.2 Å². The minimum atomic E-state index is -0.583. The first kappa shape index (κ1) is 18.2. The molecule has 0 amide bonds. The number of H-pyrrole nitrogens is 1.